The van der Waals surface area contributed by atoms with E-state index in [9.17, 15) is 18.8 Å². The van der Waals surface area contributed by atoms with E-state index in [4.69, 9.17) is 20.2 Å². The molecule has 3 fully saturated rings. The number of nitriles is 1. The number of benzene rings is 1. The summed E-state index contributed by atoms with van der Waals surface area (Å²) in [5.74, 6) is -1.28. The van der Waals surface area contributed by atoms with Gasteiger partial charge in [0.25, 0.3) is 0 Å². The van der Waals surface area contributed by atoms with Gasteiger partial charge in [0.15, 0.2) is 5.82 Å². The number of likely N-dealkylation sites (N-methyl/N-ethyl adjacent to an activating group) is 1. The van der Waals surface area contributed by atoms with Gasteiger partial charge in [-0.3, -0.25) is 14.7 Å². The highest BCUT2D eigenvalue weighted by Crippen LogP contribution is 2.44. The summed E-state index contributed by atoms with van der Waals surface area (Å²) in [5, 5.41) is 10.4. The van der Waals surface area contributed by atoms with Crippen molar-refractivity contribution in [2.45, 2.75) is 56.4 Å². The summed E-state index contributed by atoms with van der Waals surface area (Å²) in [4.78, 5) is 32.5. The Balaban J connectivity index is 1.38. The largest absolute Gasteiger partial charge is 0.461 e. The summed E-state index contributed by atoms with van der Waals surface area (Å²) in [6, 6.07) is 3.87. The molecule has 3 aromatic heterocycles. The highest BCUT2D eigenvalue weighted by molar-refractivity contribution is 7.23. The number of ether oxygens (including phenoxy) is 2. The van der Waals surface area contributed by atoms with E-state index in [1.165, 1.54) is 24.4 Å². The molecule has 15 heteroatoms. The van der Waals surface area contributed by atoms with E-state index in [0.29, 0.717) is 43.7 Å². The number of nitrogen functional groups attached to an aromatic ring is 1. The van der Waals surface area contributed by atoms with Gasteiger partial charge in [0.05, 0.1) is 39.9 Å². The van der Waals surface area contributed by atoms with E-state index in [0.717, 1.165) is 30.7 Å². The minimum atomic E-state index is -0.966. The fourth-order valence-corrected chi connectivity index (χ4v) is 9.09. The van der Waals surface area contributed by atoms with Crippen molar-refractivity contribution in [1.29, 1.82) is 5.26 Å². The quantitative estimate of drug-likeness (QED) is 0.219. The molecule has 1 aromatic carbocycles. The van der Waals surface area contributed by atoms with Crippen molar-refractivity contribution in [2.24, 2.45) is 0 Å². The summed E-state index contributed by atoms with van der Waals surface area (Å²) in [6.07, 6.45) is 4.36. The van der Waals surface area contributed by atoms with Crippen molar-refractivity contribution >= 4 is 49.1 Å². The van der Waals surface area contributed by atoms with Crippen LogP contribution in [0.15, 0.2) is 31.0 Å². The lowest BCUT2D eigenvalue weighted by molar-refractivity contribution is -0.127. The fraction of sp³-hybridized carbons (Fsp3) is 0.457. The third-order valence-corrected chi connectivity index (χ3v) is 11.4. The first-order valence-corrected chi connectivity index (χ1v) is 17.4. The van der Waals surface area contributed by atoms with Crippen LogP contribution >= 0.6 is 11.3 Å². The van der Waals surface area contributed by atoms with Crippen LogP contribution in [0.5, 0.6) is 6.01 Å². The molecular weight excluding hydrogens is 669 g/mol. The highest BCUT2D eigenvalue weighted by atomic mass is 32.1. The SMILES string of the molecule is C=CC(=O)N1CCC(N(CC)c2nc(OC[C@@]34CCCN3C[C@H](F)C4)nc3c(F)c(-c4ccc(F)c5sc(N)c(C#N)c45)ncc23)C1COC. The standard InChI is InChI=1S/C35H37F3N8O3S/c1-4-26(47)46-12-9-24(25(46)17-48-3)45(5-2)33-22-15-41-29(20-7-8-23(37)31-27(20)21(14-39)32(40)50-31)28(38)30(22)42-34(43-33)49-18-35-10-6-11-44(35)16-19(36)13-35/h4,7-8,15,19,24-25H,1,5-6,9-13,16-18,40H2,2-3H3/t19-,24?,25?,35+/m1/s1. The number of carbonyl (C=O) groups is 1. The summed E-state index contributed by atoms with van der Waals surface area (Å²) >= 11 is 0.910. The van der Waals surface area contributed by atoms with Crippen LogP contribution in [0.3, 0.4) is 0 Å². The number of nitrogens with two attached hydrogens (primary N) is 1. The average Bonchev–Trinajstić information content (AvgIpc) is 3.86. The monoisotopic (exact) mass is 706 g/mol. The van der Waals surface area contributed by atoms with Gasteiger partial charge in [-0.05, 0) is 50.9 Å². The number of hydrogen-bond donors (Lipinski definition) is 1. The molecule has 3 aliphatic rings. The Kier molecular flexibility index (Phi) is 9.04. The number of aromatic nitrogens is 3. The third-order valence-electron chi connectivity index (χ3n) is 10.4. The van der Waals surface area contributed by atoms with Crippen molar-refractivity contribution in [3.8, 4) is 23.3 Å². The number of alkyl halides is 1. The van der Waals surface area contributed by atoms with E-state index in [2.05, 4.69) is 21.4 Å². The van der Waals surface area contributed by atoms with Gasteiger partial charge >= 0.3 is 6.01 Å². The van der Waals surface area contributed by atoms with E-state index < -0.39 is 23.3 Å². The molecular formula is C35H37F3N8O3S. The molecule has 2 N–H and O–H groups in total. The Morgan fingerprint density at radius 1 is 1.32 bits per heavy atom. The van der Waals surface area contributed by atoms with Crippen molar-refractivity contribution < 1.29 is 27.4 Å². The zero-order chi connectivity index (χ0) is 35.3. The lowest BCUT2D eigenvalue weighted by Crippen LogP contribution is -2.49. The number of nitrogens with zero attached hydrogens (tertiary/aromatic N) is 7. The maximum absolute atomic E-state index is 17.0. The second-order valence-electron chi connectivity index (χ2n) is 13.0. The van der Waals surface area contributed by atoms with E-state index in [1.54, 1.807) is 12.0 Å². The highest BCUT2D eigenvalue weighted by Gasteiger charge is 2.49. The summed E-state index contributed by atoms with van der Waals surface area (Å²) in [5.41, 5.74) is 5.55. The van der Waals surface area contributed by atoms with E-state index >= 15 is 4.39 Å². The van der Waals surface area contributed by atoms with Crippen LogP contribution in [0.25, 0.3) is 32.2 Å². The van der Waals surface area contributed by atoms with Crippen LogP contribution in [0.1, 0.15) is 38.2 Å². The van der Waals surface area contributed by atoms with Crippen molar-refractivity contribution in [2.75, 3.05) is 57.1 Å². The maximum atomic E-state index is 17.0. The molecule has 2 unspecified atom stereocenters. The number of likely N-dealkylation sites (tertiary alicyclic amines) is 1. The number of rotatable bonds is 10. The lowest BCUT2D eigenvalue weighted by Gasteiger charge is -2.35. The minimum absolute atomic E-state index is 0.0394. The van der Waals surface area contributed by atoms with Gasteiger partial charge in [0.2, 0.25) is 5.91 Å². The number of fused-ring (bicyclic) bond motifs is 3. The topological polar surface area (TPSA) is 134 Å². The number of halogens is 3. The van der Waals surface area contributed by atoms with Crippen molar-refractivity contribution in [1.82, 2.24) is 24.8 Å². The van der Waals surface area contributed by atoms with Crippen LogP contribution in [-0.4, -0.2) is 101 Å². The molecule has 3 aliphatic heterocycles. The van der Waals surface area contributed by atoms with Crippen LogP contribution in [-0.2, 0) is 9.53 Å². The second-order valence-corrected chi connectivity index (χ2v) is 14.1. The van der Waals surface area contributed by atoms with Gasteiger partial charge < -0.3 is 25.0 Å². The Morgan fingerprint density at radius 3 is 2.88 bits per heavy atom. The molecule has 4 atom stereocenters. The number of hydrogen-bond acceptors (Lipinski definition) is 11. The lowest BCUT2D eigenvalue weighted by atomic mass is 9.95. The van der Waals surface area contributed by atoms with Crippen molar-refractivity contribution in [3.05, 3.63) is 48.2 Å². The first-order chi connectivity index (χ1) is 24.1. The number of thiophene rings is 1. The normalized spacial score (nSPS) is 23.4. The first kappa shape index (κ1) is 34.0. The van der Waals surface area contributed by atoms with Gasteiger partial charge in [-0.1, -0.05) is 6.58 Å². The van der Waals surface area contributed by atoms with E-state index in [1.807, 2.05) is 17.9 Å². The molecule has 4 aromatic rings. The molecule has 0 aliphatic carbocycles. The molecule has 50 heavy (non-hydrogen) atoms. The Hall–Kier alpha value is -4.52. The predicted molar refractivity (Wildman–Crippen MR) is 185 cm³/mol. The smallest absolute Gasteiger partial charge is 0.319 e. The molecule has 262 valence electrons. The molecule has 0 spiro atoms. The van der Waals surface area contributed by atoms with Crippen LogP contribution in [0.2, 0.25) is 0 Å². The van der Waals surface area contributed by atoms with Gasteiger partial charge in [-0.15, -0.1) is 11.3 Å². The number of anilines is 2. The zero-order valence-corrected chi connectivity index (χ0v) is 28.6. The summed E-state index contributed by atoms with van der Waals surface area (Å²) in [7, 11) is 1.57. The van der Waals surface area contributed by atoms with Gasteiger partial charge in [0.1, 0.15) is 46.7 Å². The number of pyridine rings is 1. The van der Waals surface area contributed by atoms with Gasteiger partial charge in [-0.25, -0.2) is 13.2 Å². The maximum Gasteiger partial charge on any atom is 0.319 e. The Bertz CT molecular complexity index is 2040. The molecule has 0 radical (unpaired) electrons. The number of amides is 1. The zero-order valence-electron chi connectivity index (χ0n) is 27.8. The number of methoxy groups -OCH3 is 1. The molecule has 0 saturated carbocycles. The predicted octanol–water partition coefficient (Wildman–Crippen LogP) is 5.22. The van der Waals surface area contributed by atoms with E-state index in [-0.39, 0.29) is 74.6 Å². The molecule has 11 nitrogen and oxygen atoms in total. The second kappa shape index (κ2) is 13.3. The molecule has 0 bridgehead atoms. The molecule has 3 saturated heterocycles. The van der Waals surface area contributed by atoms with Crippen LogP contribution in [0, 0.1) is 23.0 Å². The van der Waals surface area contributed by atoms with Crippen LogP contribution in [0.4, 0.5) is 24.0 Å². The van der Waals surface area contributed by atoms with Gasteiger partial charge in [-0.2, -0.15) is 15.2 Å². The fourth-order valence-electron chi connectivity index (χ4n) is 8.14. The Morgan fingerprint density at radius 2 is 2.14 bits per heavy atom. The molecule has 7 rings (SSSR count). The number of carbonyl (C=O) groups excluding carboxylic acids is 1. The molecule has 1 amide bonds. The minimum Gasteiger partial charge on any atom is -0.461 e. The third kappa shape index (κ3) is 5.50. The average molecular weight is 707 g/mol. The Labute approximate surface area is 291 Å². The molecule has 6 heterocycles. The van der Waals surface area contributed by atoms with Crippen LogP contribution < -0.4 is 15.4 Å². The summed E-state index contributed by atoms with van der Waals surface area (Å²) < 4.78 is 58.4. The first-order valence-electron chi connectivity index (χ1n) is 16.6. The van der Waals surface area contributed by atoms with Gasteiger partial charge in [0, 0.05) is 50.3 Å². The summed E-state index contributed by atoms with van der Waals surface area (Å²) in [6.45, 7) is 7.95. The van der Waals surface area contributed by atoms with Crippen molar-refractivity contribution in [3.63, 3.8) is 0 Å².